The summed E-state index contributed by atoms with van der Waals surface area (Å²) in [6, 6.07) is 12.0. The number of aromatic amines is 1. The van der Waals surface area contributed by atoms with Crippen LogP contribution >= 0.6 is 34.3 Å². The number of H-pyrrole nitrogens is 1. The van der Waals surface area contributed by atoms with Gasteiger partial charge in [0.25, 0.3) is 5.91 Å². The normalized spacial score (nSPS) is 11.0. The van der Waals surface area contributed by atoms with Crippen molar-refractivity contribution in [3.63, 3.8) is 0 Å². The molecule has 3 heterocycles. The van der Waals surface area contributed by atoms with Gasteiger partial charge in [-0.2, -0.15) is 5.10 Å². The summed E-state index contributed by atoms with van der Waals surface area (Å²) in [4.78, 5) is 19.7. The highest BCUT2D eigenvalue weighted by molar-refractivity contribution is 7.23. The van der Waals surface area contributed by atoms with Crippen molar-refractivity contribution < 1.29 is 9.18 Å². The van der Waals surface area contributed by atoms with Crippen molar-refractivity contribution in [2.24, 2.45) is 0 Å². The van der Waals surface area contributed by atoms with Crippen molar-refractivity contribution in [2.45, 2.75) is 12.8 Å². The van der Waals surface area contributed by atoms with Gasteiger partial charge in [-0.25, -0.2) is 9.37 Å². The maximum absolute atomic E-state index is 13.4. The van der Waals surface area contributed by atoms with Gasteiger partial charge in [0.1, 0.15) is 16.5 Å². The molecule has 0 atom stereocenters. The second-order valence-corrected chi connectivity index (χ2v) is 9.33. The van der Waals surface area contributed by atoms with Gasteiger partial charge in [0.05, 0.1) is 14.9 Å². The first-order valence-corrected chi connectivity index (χ1v) is 11.3. The van der Waals surface area contributed by atoms with Gasteiger partial charge in [-0.05, 0) is 43.2 Å². The second kappa shape index (κ2) is 9.07. The van der Waals surface area contributed by atoms with Crippen LogP contribution in [0.4, 0.5) is 4.39 Å². The number of benzene rings is 1. The SMILES string of the molecule is CN(CCCc1cc(-c2cccc(F)c2)n[nH]1)C(=O)c1csc(-c2ccc(Cl)s2)n1. The standard InChI is InChI=1S/C21H18ClFN4OS2/c1-27(21(28)17-12-29-20(24-17)18-7-8-19(22)30-18)9-3-6-15-11-16(26-25-15)13-4-2-5-14(23)10-13/h2,4-5,7-8,10-12H,3,6,9H2,1H3,(H,25,26). The third-order valence-corrected chi connectivity index (χ3v) is 6.79. The van der Waals surface area contributed by atoms with Crippen LogP contribution in [-0.2, 0) is 6.42 Å². The van der Waals surface area contributed by atoms with E-state index in [0.29, 0.717) is 22.3 Å². The maximum atomic E-state index is 13.4. The number of carbonyl (C=O) groups is 1. The van der Waals surface area contributed by atoms with Crippen LogP contribution in [0.1, 0.15) is 22.6 Å². The number of carbonyl (C=O) groups excluding carboxylic acids is 1. The average Bonchev–Trinajstić information content (AvgIpc) is 3.48. The molecule has 4 rings (SSSR count). The van der Waals surface area contributed by atoms with Gasteiger partial charge >= 0.3 is 0 Å². The number of nitrogens with zero attached hydrogens (tertiary/aromatic N) is 3. The van der Waals surface area contributed by atoms with Crippen LogP contribution in [0, 0.1) is 5.82 Å². The first-order chi connectivity index (χ1) is 14.5. The lowest BCUT2D eigenvalue weighted by molar-refractivity contribution is 0.0788. The monoisotopic (exact) mass is 460 g/mol. The van der Waals surface area contributed by atoms with Gasteiger partial charge in [0.2, 0.25) is 0 Å². The Balaban J connectivity index is 1.31. The second-order valence-electron chi connectivity index (χ2n) is 6.76. The number of halogens is 2. The predicted octanol–water partition coefficient (Wildman–Crippen LogP) is 5.76. The maximum Gasteiger partial charge on any atom is 0.273 e. The number of thiazole rings is 1. The van der Waals surface area contributed by atoms with Crippen molar-refractivity contribution in [2.75, 3.05) is 13.6 Å². The zero-order valence-electron chi connectivity index (χ0n) is 16.1. The Labute approximate surface area is 186 Å². The van der Waals surface area contributed by atoms with E-state index in [1.807, 2.05) is 24.3 Å². The van der Waals surface area contributed by atoms with Gasteiger partial charge in [0, 0.05) is 30.2 Å². The Hall–Kier alpha value is -2.55. The van der Waals surface area contributed by atoms with Gasteiger partial charge < -0.3 is 4.90 Å². The molecule has 1 N–H and O–H groups in total. The highest BCUT2D eigenvalue weighted by Gasteiger charge is 2.17. The molecule has 30 heavy (non-hydrogen) atoms. The Bertz CT molecular complexity index is 1170. The Kier molecular flexibility index (Phi) is 6.26. The van der Waals surface area contributed by atoms with Crippen LogP contribution in [0.15, 0.2) is 47.8 Å². The van der Waals surface area contributed by atoms with E-state index in [2.05, 4.69) is 15.2 Å². The molecule has 154 valence electrons. The Morgan fingerprint density at radius 3 is 2.90 bits per heavy atom. The largest absolute Gasteiger partial charge is 0.340 e. The number of thiophene rings is 1. The van der Waals surface area contributed by atoms with Crippen LogP contribution in [-0.4, -0.2) is 39.6 Å². The first-order valence-electron chi connectivity index (χ1n) is 9.26. The smallest absolute Gasteiger partial charge is 0.273 e. The molecule has 0 saturated carbocycles. The van der Waals surface area contributed by atoms with Gasteiger partial charge in [-0.1, -0.05) is 23.7 Å². The summed E-state index contributed by atoms with van der Waals surface area (Å²) in [5.41, 5.74) is 2.83. The molecule has 1 aromatic carbocycles. The molecule has 0 spiro atoms. The van der Waals surface area contributed by atoms with Crippen LogP contribution < -0.4 is 0 Å². The molecular weight excluding hydrogens is 443 g/mol. The topological polar surface area (TPSA) is 61.9 Å². The highest BCUT2D eigenvalue weighted by atomic mass is 35.5. The number of hydrogen-bond donors (Lipinski definition) is 1. The Morgan fingerprint density at radius 1 is 1.27 bits per heavy atom. The third-order valence-electron chi connectivity index (χ3n) is 4.54. The van der Waals surface area contributed by atoms with E-state index >= 15 is 0 Å². The highest BCUT2D eigenvalue weighted by Crippen LogP contribution is 2.33. The fraction of sp³-hybridized carbons (Fsp3) is 0.190. The summed E-state index contributed by atoms with van der Waals surface area (Å²) in [6.07, 6.45) is 1.50. The molecular formula is C21H18ClFN4OS2. The number of hydrogen-bond acceptors (Lipinski definition) is 5. The summed E-state index contributed by atoms with van der Waals surface area (Å²) in [5.74, 6) is -0.394. The first kappa shape index (κ1) is 20.7. The van der Waals surface area contributed by atoms with Crippen molar-refractivity contribution in [1.82, 2.24) is 20.1 Å². The fourth-order valence-corrected chi connectivity index (χ4v) is 4.91. The Morgan fingerprint density at radius 2 is 2.13 bits per heavy atom. The molecule has 0 saturated heterocycles. The lowest BCUT2D eigenvalue weighted by Gasteiger charge is -2.15. The number of rotatable bonds is 7. The molecule has 0 fully saturated rings. The van der Waals surface area contributed by atoms with E-state index in [1.165, 1.54) is 34.8 Å². The van der Waals surface area contributed by atoms with Gasteiger partial charge in [0.15, 0.2) is 0 Å². The molecule has 0 bridgehead atoms. The lowest BCUT2D eigenvalue weighted by atomic mass is 10.1. The third kappa shape index (κ3) is 4.77. The fourth-order valence-electron chi connectivity index (χ4n) is 3.00. The lowest BCUT2D eigenvalue weighted by Crippen LogP contribution is -2.28. The minimum Gasteiger partial charge on any atom is -0.340 e. The van der Waals surface area contributed by atoms with Gasteiger partial charge in [-0.15, -0.1) is 22.7 Å². The number of amides is 1. The van der Waals surface area contributed by atoms with E-state index in [-0.39, 0.29) is 11.7 Å². The van der Waals surface area contributed by atoms with Gasteiger partial charge in [-0.3, -0.25) is 9.89 Å². The molecule has 0 aliphatic rings. The molecule has 1 amide bonds. The molecule has 3 aromatic heterocycles. The van der Waals surface area contributed by atoms with Crippen molar-refractivity contribution in [3.8, 4) is 21.1 Å². The van der Waals surface area contributed by atoms with E-state index in [9.17, 15) is 9.18 Å². The molecule has 0 aliphatic carbocycles. The summed E-state index contributed by atoms with van der Waals surface area (Å²) in [7, 11) is 1.77. The van der Waals surface area contributed by atoms with Crippen molar-refractivity contribution >= 4 is 40.2 Å². The number of aromatic nitrogens is 3. The van der Waals surface area contributed by atoms with Crippen LogP contribution in [0.5, 0.6) is 0 Å². The number of aryl methyl sites for hydroxylation is 1. The summed E-state index contributed by atoms with van der Waals surface area (Å²) in [6.45, 7) is 0.588. The number of nitrogens with one attached hydrogen (secondary N) is 1. The molecule has 0 unspecified atom stereocenters. The van der Waals surface area contributed by atoms with E-state index in [4.69, 9.17) is 11.6 Å². The minimum absolute atomic E-state index is 0.106. The van der Waals surface area contributed by atoms with Crippen LogP contribution in [0.3, 0.4) is 0 Å². The molecule has 4 aromatic rings. The molecule has 5 nitrogen and oxygen atoms in total. The average molecular weight is 461 g/mol. The molecule has 0 aliphatic heterocycles. The summed E-state index contributed by atoms with van der Waals surface area (Å²) >= 11 is 8.86. The van der Waals surface area contributed by atoms with Crippen LogP contribution in [0.25, 0.3) is 21.1 Å². The minimum atomic E-state index is -0.287. The quantitative estimate of drug-likeness (QED) is 0.381. The van der Waals surface area contributed by atoms with E-state index in [1.54, 1.807) is 23.4 Å². The van der Waals surface area contributed by atoms with E-state index < -0.39 is 0 Å². The zero-order chi connectivity index (χ0) is 21.1. The predicted molar refractivity (Wildman–Crippen MR) is 120 cm³/mol. The molecule has 9 heteroatoms. The van der Waals surface area contributed by atoms with Crippen molar-refractivity contribution in [1.29, 1.82) is 0 Å². The van der Waals surface area contributed by atoms with Crippen molar-refractivity contribution in [3.05, 3.63) is 69.4 Å². The zero-order valence-corrected chi connectivity index (χ0v) is 18.5. The summed E-state index contributed by atoms with van der Waals surface area (Å²) < 4.78 is 14.1. The summed E-state index contributed by atoms with van der Waals surface area (Å²) in [5, 5.41) is 9.81. The molecule has 0 radical (unpaired) electrons. The van der Waals surface area contributed by atoms with Crippen LogP contribution in [0.2, 0.25) is 4.34 Å². The van der Waals surface area contributed by atoms with E-state index in [0.717, 1.165) is 34.0 Å².